The van der Waals surface area contributed by atoms with Crippen LogP contribution in [0.1, 0.15) is 323 Å². The number of amides is 1. The zero-order valence-corrected chi connectivity index (χ0v) is 55.0. The van der Waals surface area contributed by atoms with E-state index in [1.807, 2.05) is 18.2 Å². The van der Waals surface area contributed by atoms with E-state index >= 15 is 0 Å². The number of allylic oxidation sites excluding steroid dienone is 11. The molecule has 1 aliphatic rings. The van der Waals surface area contributed by atoms with Crippen LogP contribution in [0, 0.1) is 0 Å². The third-order valence-electron chi connectivity index (χ3n) is 16.6. The molecule has 0 spiro atoms. The van der Waals surface area contributed by atoms with E-state index in [-0.39, 0.29) is 19.4 Å². The van der Waals surface area contributed by atoms with E-state index in [0.717, 1.165) is 77.0 Å². The maximum absolute atomic E-state index is 13.4. The Hall–Kier alpha value is -2.90. The molecule has 0 aliphatic carbocycles. The molecule has 11 heteroatoms. The van der Waals surface area contributed by atoms with Gasteiger partial charge in [-0.1, -0.05) is 325 Å². The molecule has 11 nitrogen and oxygen atoms in total. The van der Waals surface area contributed by atoms with Crippen LogP contribution in [-0.4, -0.2) is 99.6 Å². The number of aliphatic hydroxyl groups excluding tert-OH is 5. The second-order valence-corrected chi connectivity index (χ2v) is 24.6. The molecule has 494 valence electrons. The van der Waals surface area contributed by atoms with E-state index in [4.69, 9.17) is 14.2 Å². The number of ether oxygens (including phenoxy) is 3. The fourth-order valence-corrected chi connectivity index (χ4v) is 11.0. The third-order valence-corrected chi connectivity index (χ3v) is 16.6. The van der Waals surface area contributed by atoms with E-state index in [9.17, 15) is 35.1 Å². The first-order valence-corrected chi connectivity index (χ1v) is 35.7. The number of nitrogens with one attached hydrogen (secondary N) is 1. The number of rotatable bonds is 61. The van der Waals surface area contributed by atoms with E-state index in [1.54, 1.807) is 6.08 Å². The van der Waals surface area contributed by atoms with Crippen LogP contribution >= 0.6 is 0 Å². The zero-order valence-electron chi connectivity index (χ0n) is 55.0. The van der Waals surface area contributed by atoms with Gasteiger partial charge in [-0.3, -0.25) is 9.59 Å². The van der Waals surface area contributed by atoms with Crippen molar-refractivity contribution in [3.63, 3.8) is 0 Å². The summed E-state index contributed by atoms with van der Waals surface area (Å²) in [5, 5.41) is 57.1. The first-order chi connectivity index (χ1) is 41.7. The molecule has 1 saturated heterocycles. The highest BCUT2D eigenvalue weighted by Gasteiger charge is 2.47. The van der Waals surface area contributed by atoms with Gasteiger partial charge in [-0.15, -0.1) is 0 Å². The summed E-state index contributed by atoms with van der Waals surface area (Å²) < 4.78 is 17.7. The summed E-state index contributed by atoms with van der Waals surface area (Å²) in [6, 6.07) is -1.06. The summed E-state index contributed by atoms with van der Waals surface area (Å²) in [6.07, 6.45) is 69.7. The first-order valence-electron chi connectivity index (χ1n) is 35.7. The summed E-state index contributed by atoms with van der Waals surface area (Å²) in [7, 11) is 0. The lowest BCUT2D eigenvalue weighted by atomic mass is 9.99. The van der Waals surface area contributed by atoms with Crippen LogP contribution in [0.25, 0.3) is 0 Å². The Morgan fingerprint density at radius 1 is 0.471 bits per heavy atom. The molecular weight excluding hydrogens is 1060 g/mol. The molecule has 0 aromatic rings. The minimum absolute atomic E-state index is 0.119. The van der Waals surface area contributed by atoms with Crippen molar-refractivity contribution in [2.24, 2.45) is 0 Å². The summed E-state index contributed by atoms with van der Waals surface area (Å²) in [6.45, 7) is 5.68. The molecule has 0 saturated carbocycles. The Morgan fingerprint density at radius 3 is 1.25 bits per heavy atom. The van der Waals surface area contributed by atoms with Crippen LogP contribution in [0.3, 0.4) is 0 Å². The van der Waals surface area contributed by atoms with Gasteiger partial charge in [-0.25, -0.2) is 0 Å². The van der Waals surface area contributed by atoms with Crippen LogP contribution in [0.4, 0.5) is 0 Å². The van der Waals surface area contributed by atoms with Crippen LogP contribution in [-0.2, 0) is 23.8 Å². The number of esters is 1. The largest absolute Gasteiger partial charge is 0.454 e. The standard InChI is InChI=1S/C74H133NO10/c1-4-7-10-13-16-19-22-25-27-29-30-31-32-33-34-35-36-37-38-39-41-44-47-50-53-56-59-62-69(79)85-72-71(81)70(80)68(63-76)84-74(72)83-64-65(66(77)60-57-54-51-48-45-42-24-21-18-15-12-9-6-3)75-73(82)67(78)61-58-55-52-49-46-43-40-28-26-23-20-17-14-11-8-5-2/h8,11,17,20,26,28,43,46,52,55,57,60,65-68,70-72,74,76-78,80-81H,4-7,9-10,12-16,18-19,21-25,27,29-42,44-45,47-51,53-54,56,58-59,61-64H2,1-3H3,(H,75,82)/b11-8-,20-17-,28-26-,46-43-,55-52-,60-57+. The Morgan fingerprint density at radius 2 is 0.847 bits per heavy atom. The van der Waals surface area contributed by atoms with Gasteiger partial charge in [0.15, 0.2) is 12.4 Å². The first kappa shape index (κ1) is 80.1. The lowest BCUT2D eigenvalue weighted by Crippen LogP contribution is -2.61. The van der Waals surface area contributed by atoms with Crippen molar-refractivity contribution in [3.8, 4) is 0 Å². The number of unbranched alkanes of at least 4 members (excludes halogenated alkanes) is 37. The van der Waals surface area contributed by atoms with Gasteiger partial charge < -0.3 is 45.1 Å². The fraction of sp³-hybridized carbons (Fsp3) is 0.811. The molecule has 1 heterocycles. The van der Waals surface area contributed by atoms with Gasteiger partial charge in [0, 0.05) is 6.42 Å². The monoisotopic (exact) mass is 1200 g/mol. The molecule has 1 amide bonds. The minimum atomic E-state index is -1.62. The predicted molar refractivity (Wildman–Crippen MR) is 356 cm³/mol. The van der Waals surface area contributed by atoms with E-state index in [2.05, 4.69) is 74.7 Å². The van der Waals surface area contributed by atoms with Gasteiger partial charge in [0.25, 0.3) is 0 Å². The number of aliphatic hydroxyl groups is 5. The summed E-state index contributed by atoms with van der Waals surface area (Å²) in [4.78, 5) is 26.6. The molecule has 0 bridgehead atoms. The van der Waals surface area contributed by atoms with Crippen LogP contribution in [0.5, 0.6) is 0 Å². The topological polar surface area (TPSA) is 175 Å². The average Bonchev–Trinajstić information content (AvgIpc) is 3.13. The summed E-state index contributed by atoms with van der Waals surface area (Å²) in [5.74, 6) is -1.25. The number of carbonyl (C=O) groups is 2. The predicted octanol–water partition coefficient (Wildman–Crippen LogP) is 18.3. The Labute approximate surface area is 521 Å². The van der Waals surface area contributed by atoms with Gasteiger partial charge in [-0.05, 0) is 64.2 Å². The minimum Gasteiger partial charge on any atom is -0.454 e. The van der Waals surface area contributed by atoms with E-state index < -0.39 is 67.4 Å². The summed E-state index contributed by atoms with van der Waals surface area (Å²) in [5.41, 5.74) is 0. The van der Waals surface area contributed by atoms with Crippen molar-refractivity contribution in [2.45, 2.75) is 372 Å². The van der Waals surface area contributed by atoms with Crippen molar-refractivity contribution in [3.05, 3.63) is 72.9 Å². The second-order valence-electron chi connectivity index (χ2n) is 24.6. The highest BCUT2D eigenvalue weighted by molar-refractivity contribution is 5.80. The molecule has 6 N–H and O–H groups in total. The highest BCUT2D eigenvalue weighted by Crippen LogP contribution is 2.26. The molecule has 1 fully saturated rings. The van der Waals surface area contributed by atoms with Crippen molar-refractivity contribution in [1.29, 1.82) is 0 Å². The van der Waals surface area contributed by atoms with Gasteiger partial charge in [0.2, 0.25) is 5.91 Å². The molecule has 8 unspecified atom stereocenters. The smallest absolute Gasteiger partial charge is 0.306 e. The van der Waals surface area contributed by atoms with Gasteiger partial charge in [0.1, 0.15) is 24.4 Å². The van der Waals surface area contributed by atoms with Crippen molar-refractivity contribution in [2.75, 3.05) is 13.2 Å². The lowest BCUT2D eigenvalue weighted by molar-refractivity contribution is -0.305. The Kier molecular flexibility index (Phi) is 57.8. The molecule has 0 aromatic heterocycles. The Bertz CT molecular complexity index is 1660. The van der Waals surface area contributed by atoms with Crippen molar-refractivity contribution < 1.29 is 49.3 Å². The van der Waals surface area contributed by atoms with Crippen molar-refractivity contribution in [1.82, 2.24) is 5.32 Å². The summed E-state index contributed by atoms with van der Waals surface area (Å²) >= 11 is 0. The van der Waals surface area contributed by atoms with E-state index in [1.165, 1.54) is 199 Å². The molecule has 1 aliphatic heterocycles. The SMILES string of the molecule is CC/C=C\C/C=C\C/C=C\C/C=C\C/C=C\CCC(O)C(=O)NC(COC1OC(CO)C(O)C(O)C1OC(=O)CCCCCCCCCCCCCCCCCCCCCCCCCCCCC)C(O)/C=C/CCCCCCCCCCCCC. The normalized spacial score (nSPS) is 18.8. The molecule has 0 radical (unpaired) electrons. The van der Waals surface area contributed by atoms with Crippen LogP contribution in [0.2, 0.25) is 0 Å². The van der Waals surface area contributed by atoms with Crippen LogP contribution in [0.15, 0.2) is 72.9 Å². The van der Waals surface area contributed by atoms with Crippen molar-refractivity contribution >= 4 is 11.9 Å². The number of hydrogen-bond acceptors (Lipinski definition) is 10. The maximum Gasteiger partial charge on any atom is 0.306 e. The third kappa shape index (κ3) is 48.7. The molecule has 0 aromatic carbocycles. The second kappa shape index (κ2) is 61.3. The molecule has 8 atom stereocenters. The van der Waals surface area contributed by atoms with Gasteiger partial charge in [-0.2, -0.15) is 0 Å². The lowest BCUT2D eigenvalue weighted by Gasteiger charge is -2.41. The highest BCUT2D eigenvalue weighted by atomic mass is 16.7. The zero-order chi connectivity index (χ0) is 61.7. The Balaban J connectivity index is 2.56. The molecule has 1 rings (SSSR count). The average molecular weight is 1200 g/mol. The van der Waals surface area contributed by atoms with E-state index in [0.29, 0.717) is 12.8 Å². The number of hydrogen-bond donors (Lipinski definition) is 6. The molecule has 85 heavy (non-hydrogen) atoms. The quantitative estimate of drug-likeness (QED) is 0.0195. The van der Waals surface area contributed by atoms with Gasteiger partial charge >= 0.3 is 5.97 Å². The van der Waals surface area contributed by atoms with Gasteiger partial charge in [0.05, 0.1) is 25.4 Å². The molecular formula is C74H133NO10. The fourth-order valence-electron chi connectivity index (χ4n) is 11.0. The maximum atomic E-state index is 13.4. The number of carbonyl (C=O) groups excluding carboxylic acids is 2. The van der Waals surface area contributed by atoms with Crippen LogP contribution < -0.4 is 5.32 Å².